The van der Waals surface area contributed by atoms with Gasteiger partial charge >= 0.3 is 5.97 Å². The minimum absolute atomic E-state index is 0.173. The Kier molecular flexibility index (Phi) is 7.48. The molecule has 1 saturated heterocycles. The summed E-state index contributed by atoms with van der Waals surface area (Å²) in [4.78, 5) is 38.3. The van der Waals surface area contributed by atoms with Gasteiger partial charge in [0.1, 0.15) is 11.5 Å². The van der Waals surface area contributed by atoms with Gasteiger partial charge in [-0.15, -0.1) is 0 Å². The van der Waals surface area contributed by atoms with Crippen molar-refractivity contribution in [2.75, 3.05) is 32.1 Å². The molecule has 0 spiro atoms. The zero-order chi connectivity index (χ0) is 22.2. The summed E-state index contributed by atoms with van der Waals surface area (Å²) in [6.45, 7) is 2.80. The second-order valence-electron chi connectivity index (χ2n) is 7.17. The lowest BCUT2D eigenvalue weighted by Crippen LogP contribution is -2.38. The van der Waals surface area contributed by atoms with Gasteiger partial charge < -0.3 is 24.4 Å². The van der Waals surface area contributed by atoms with E-state index < -0.39 is 12.1 Å². The second-order valence-corrected chi connectivity index (χ2v) is 7.17. The predicted molar refractivity (Wildman–Crippen MR) is 114 cm³/mol. The maximum Gasteiger partial charge on any atom is 0.338 e. The Morgan fingerprint density at radius 2 is 1.74 bits per heavy atom. The number of methoxy groups -OCH3 is 1. The van der Waals surface area contributed by atoms with Gasteiger partial charge in [0.05, 0.1) is 12.7 Å². The molecular formula is C23H26N2O6. The number of amides is 2. The van der Waals surface area contributed by atoms with Crippen LogP contribution in [0.25, 0.3) is 0 Å². The topological polar surface area (TPSA) is 94.2 Å². The largest absolute Gasteiger partial charge is 0.497 e. The van der Waals surface area contributed by atoms with E-state index in [0.717, 1.165) is 12.8 Å². The molecule has 3 rings (SSSR count). The summed E-state index contributed by atoms with van der Waals surface area (Å²) in [5, 5.41) is 2.72. The Bertz CT molecular complexity index is 922. The van der Waals surface area contributed by atoms with Crippen LogP contribution in [-0.2, 0) is 14.3 Å². The van der Waals surface area contributed by atoms with E-state index in [0.29, 0.717) is 35.8 Å². The molecular weight excluding hydrogens is 400 g/mol. The molecule has 1 unspecified atom stereocenters. The number of anilines is 1. The van der Waals surface area contributed by atoms with Crippen LogP contribution in [0.15, 0.2) is 48.5 Å². The van der Waals surface area contributed by atoms with E-state index in [1.54, 1.807) is 55.3 Å². The zero-order valence-electron chi connectivity index (χ0n) is 17.6. The third-order valence-corrected chi connectivity index (χ3v) is 4.86. The van der Waals surface area contributed by atoms with Crippen molar-refractivity contribution in [2.24, 2.45) is 0 Å². The van der Waals surface area contributed by atoms with Crippen LogP contribution in [0.4, 0.5) is 5.69 Å². The van der Waals surface area contributed by atoms with Crippen molar-refractivity contribution < 1.29 is 28.6 Å². The molecule has 0 bridgehead atoms. The number of carbonyl (C=O) groups is 3. The highest BCUT2D eigenvalue weighted by Gasteiger charge is 2.26. The summed E-state index contributed by atoms with van der Waals surface area (Å²) in [5.74, 6) is -0.0163. The average Bonchev–Trinajstić information content (AvgIpc) is 3.32. The fourth-order valence-electron chi connectivity index (χ4n) is 3.21. The number of benzene rings is 2. The highest BCUT2D eigenvalue weighted by molar-refractivity contribution is 5.93. The van der Waals surface area contributed by atoms with Gasteiger partial charge in [0, 0.05) is 24.8 Å². The molecule has 0 radical (unpaired) electrons. The second kappa shape index (κ2) is 10.5. The van der Waals surface area contributed by atoms with Crippen LogP contribution in [-0.4, -0.2) is 55.6 Å². The van der Waals surface area contributed by atoms with Gasteiger partial charge in [-0.1, -0.05) is 6.07 Å². The Morgan fingerprint density at radius 3 is 2.42 bits per heavy atom. The first-order valence-corrected chi connectivity index (χ1v) is 10.1. The molecule has 2 aromatic rings. The summed E-state index contributed by atoms with van der Waals surface area (Å²) in [6.07, 6.45) is 1.12. The summed E-state index contributed by atoms with van der Waals surface area (Å²) in [5.41, 5.74) is 0.901. The molecule has 1 fully saturated rings. The predicted octanol–water partition coefficient (Wildman–Crippen LogP) is 2.88. The third-order valence-electron chi connectivity index (χ3n) is 4.86. The molecule has 2 amide bonds. The number of rotatable bonds is 8. The molecule has 164 valence electrons. The monoisotopic (exact) mass is 426 g/mol. The van der Waals surface area contributed by atoms with E-state index in [-0.39, 0.29) is 18.4 Å². The fraction of sp³-hybridized carbons (Fsp3) is 0.348. The normalized spacial score (nSPS) is 13.9. The smallest absolute Gasteiger partial charge is 0.338 e. The summed E-state index contributed by atoms with van der Waals surface area (Å²) < 4.78 is 15.9. The standard InChI is InChI=1S/C23H26N2O6/c1-16(22(27)25-12-3-4-13-25)31-23(28)17-8-10-19(11-9-17)30-15-21(26)24-18-6-5-7-20(14-18)29-2/h5-11,14,16H,3-4,12-13,15H2,1-2H3,(H,24,26). The van der Waals surface area contributed by atoms with Gasteiger partial charge in [-0.2, -0.15) is 0 Å². The van der Waals surface area contributed by atoms with Crippen LogP contribution in [0.3, 0.4) is 0 Å². The molecule has 8 nitrogen and oxygen atoms in total. The number of nitrogens with zero attached hydrogens (tertiary/aromatic N) is 1. The molecule has 0 aliphatic carbocycles. The van der Waals surface area contributed by atoms with E-state index in [4.69, 9.17) is 14.2 Å². The fourth-order valence-corrected chi connectivity index (χ4v) is 3.21. The number of hydrogen-bond acceptors (Lipinski definition) is 6. The third kappa shape index (κ3) is 6.21. The number of esters is 1. The summed E-state index contributed by atoms with van der Waals surface area (Å²) in [7, 11) is 1.55. The Balaban J connectivity index is 1.47. The quantitative estimate of drug-likeness (QED) is 0.653. The van der Waals surface area contributed by atoms with Crippen LogP contribution in [0, 0.1) is 0 Å². The van der Waals surface area contributed by atoms with Crippen LogP contribution in [0.1, 0.15) is 30.1 Å². The van der Waals surface area contributed by atoms with Crippen molar-refractivity contribution in [2.45, 2.75) is 25.9 Å². The molecule has 1 N–H and O–H groups in total. The molecule has 31 heavy (non-hydrogen) atoms. The first-order chi connectivity index (χ1) is 15.0. The van der Waals surface area contributed by atoms with E-state index in [9.17, 15) is 14.4 Å². The van der Waals surface area contributed by atoms with Crippen molar-refractivity contribution in [3.05, 3.63) is 54.1 Å². The van der Waals surface area contributed by atoms with E-state index in [1.165, 1.54) is 12.1 Å². The number of likely N-dealkylation sites (tertiary alicyclic amines) is 1. The number of ether oxygens (including phenoxy) is 3. The molecule has 8 heteroatoms. The van der Waals surface area contributed by atoms with Gasteiger partial charge in [0.2, 0.25) is 0 Å². The van der Waals surface area contributed by atoms with Gasteiger partial charge in [-0.05, 0) is 56.2 Å². The molecule has 1 aliphatic rings. The van der Waals surface area contributed by atoms with E-state index in [2.05, 4.69) is 5.32 Å². The van der Waals surface area contributed by atoms with Crippen LogP contribution in [0.5, 0.6) is 11.5 Å². The van der Waals surface area contributed by atoms with Gasteiger partial charge in [0.25, 0.3) is 11.8 Å². The van der Waals surface area contributed by atoms with Gasteiger partial charge in [-0.3, -0.25) is 9.59 Å². The SMILES string of the molecule is COc1cccc(NC(=O)COc2ccc(C(=O)OC(C)C(=O)N3CCCC3)cc2)c1. The van der Waals surface area contributed by atoms with Crippen molar-refractivity contribution in [3.63, 3.8) is 0 Å². The molecule has 0 saturated carbocycles. The Morgan fingerprint density at radius 1 is 1.03 bits per heavy atom. The van der Waals surface area contributed by atoms with Crippen LogP contribution < -0.4 is 14.8 Å². The van der Waals surface area contributed by atoms with Crippen LogP contribution in [0.2, 0.25) is 0 Å². The molecule has 1 atom stereocenters. The molecule has 2 aromatic carbocycles. The minimum Gasteiger partial charge on any atom is -0.497 e. The highest BCUT2D eigenvalue weighted by atomic mass is 16.5. The van der Waals surface area contributed by atoms with Gasteiger partial charge in [0.15, 0.2) is 12.7 Å². The zero-order valence-corrected chi connectivity index (χ0v) is 17.6. The lowest BCUT2D eigenvalue weighted by molar-refractivity contribution is -0.138. The Hall–Kier alpha value is -3.55. The molecule has 1 aliphatic heterocycles. The lowest BCUT2D eigenvalue weighted by atomic mass is 10.2. The lowest BCUT2D eigenvalue weighted by Gasteiger charge is -2.20. The molecule has 1 heterocycles. The van der Waals surface area contributed by atoms with E-state index in [1.807, 2.05) is 0 Å². The van der Waals surface area contributed by atoms with Crippen molar-refractivity contribution in [1.29, 1.82) is 0 Å². The summed E-state index contributed by atoms with van der Waals surface area (Å²) >= 11 is 0. The van der Waals surface area contributed by atoms with Crippen molar-refractivity contribution in [3.8, 4) is 11.5 Å². The molecule has 0 aromatic heterocycles. The first-order valence-electron chi connectivity index (χ1n) is 10.1. The minimum atomic E-state index is -0.832. The van der Waals surface area contributed by atoms with Crippen molar-refractivity contribution in [1.82, 2.24) is 4.90 Å². The number of carbonyl (C=O) groups excluding carboxylic acids is 3. The highest BCUT2D eigenvalue weighted by Crippen LogP contribution is 2.18. The maximum absolute atomic E-state index is 12.3. The number of nitrogens with one attached hydrogen (secondary N) is 1. The Labute approximate surface area is 181 Å². The average molecular weight is 426 g/mol. The van der Waals surface area contributed by atoms with Crippen molar-refractivity contribution >= 4 is 23.5 Å². The maximum atomic E-state index is 12.3. The first kappa shape index (κ1) is 22.1. The summed E-state index contributed by atoms with van der Waals surface area (Å²) in [6, 6.07) is 13.2. The van der Waals surface area contributed by atoms with Gasteiger partial charge in [-0.25, -0.2) is 4.79 Å². The van der Waals surface area contributed by atoms with Crippen LogP contribution >= 0.6 is 0 Å². The number of hydrogen-bond donors (Lipinski definition) is 1. The van der Waals surface area contributed by atoms with E-state index >= 15 is 0 Å².